The number of carbonyl (C=O) groups excluding carboxylic acids is 1. The first-order valence-corrected chi connectivity index (χ1v) is 10.5. The van der Waals surface area contributed by atoms with E-state index in [0.717, 1.165) is 37.4 Å². The number of nitrogens with zero attached hydrogens (tertiary/aromatic N) is 2. The number of aromatic nitrogens is 1. The third kappa shape index (κ3) is 3.77. The molecule has 2 aliphatic carbocycles. The molecular formula is C22H35N3O2. The highest BCUT2D eigenvalue weighted by molar-refractivity contribution is 5.90. The van der Waals surface area contributed by atoms with Gasteiger partial charge in [0.2, 0.25) is 0 Å². The van der Waals surface area contributed by atoms with Crippen LogP contribution in [0.15, 0.2) is 18.3 Å². The van der Waals surface area contributed by atoms with Crippen molar-refractivity contribution in [3.8, 4) is 0 Å². The van der Waals surface area contributed by atoms with Gasteiger partial charge in [-0.2, -0.15) is 0 Å². The number of carbonyl (C=O) groups is 1. The minimum atomic E-state index is -0.484. The second-order valence-electron chi connectivity index (χ2n) is 8.64. The fourth-order valence-electron chi connectivity index (χ4n) is 5.52. The van der Waals surface area contributed by atoms with Crippen LogP contribution >= 0.6 is 0 Å². The number of methoxy groups -OCH3 is 1. The molecule has 1 aromatic rings. The van der Waals surface area contributed by atoms with Crippen LogP contribution in [0.4, 0.5) is 0 Å². The summed E-state index contributed by atoms with van der Waals surface area (Å²) < 4.78 is 6.32. The Morgan fingerprint density at radius 2 is 2.11 bits per heavy atom. The average molecular weight is 374 g/mol. The molecule has 1 aromatic heterocycles. The maximum Gasteiger partial charge on any atom is 0.267 e. The molecule has 2 saturated carbocycles. The predicted molar refractivity (Wildman–Crippen MR) is 107 cm³/mol. The third-order valence-corrected chi connectivity index (χ3v) is 7.06. The maximum absolute atomic E-state index is 11.7. The largest absolute Gasteiger partial charge is 0.373 e. The van der Waals surface area contributed by atoms with Crippen molar-refractivity contribution < 1.29 is 9.53 Å². The Bertz CT molecular complexity index is 659. The van der Waals surface area contributed by atoms with E-state index in [9.17, 15) is 4.79 Å². The van der Waals surface area contributed by atoms with Crippen molar-refractivity contribution in [1.82, 2.24) is 9.88 Å². The van der Waals surface area contributed by atoms with E-state index in [0.29, 0.717) is 23.6 Å². The molecule has 0 radical (unpaired) electrons. The van der Waals surface area contributed by atoms with Crippen LogP contribution in [0.2, 0.25) is 0 Å². The molecule has 1 heterocycles. The van der Waals surface area contributed by atoms with E-state index in [1.54, 1.807) is 6.20 Å². The van der Waals surface area contributed by atoms with Crippen LogP contribution in [0.25, 0.3) is 0 Å². The van der Waals surface area contributed by atoms with Crippen molar-refractivity contribution in [3.05, 3.63) is 29.6 Å². The van der Waals surface area contributed by atoms with Crippen LogP contribution in [0.5, 0.6) is 0 Å². The van der Waals surface area contributed by atoms with Crippen molar-refractivity contribution in [1.29, 1.82) is 0 Å². The standard InChI is InChI=1S/C22H35N3O2/c1-5-25(19-11-15(2)12-19)14-18-8-6-7-16(3)22(18,27-4)17-9-10-24-20(13-17)21(23)26/h9-10,13,15-16,18-19H,5-8,11-12,14H2,1-4H3,(H2,23,26)/t15-,16?,18?,19-,22?. The number of amides is 1. The van der Waals surface area contributed by atoms with E-state index in [1.807, 2.05) is 19.2 Å². The van der Waals surface area contributed by atoms with E-state index in [2.05, 4.69) is 30.7 Å². The highest BCUT2D eigenvalue weighted by Crippen LogP contribution is 2.49. The fourth-order valence-corrected chi connectivity index (χ4v) is 5.52. The van der Waals surface area contributed by atoms with Gasteiger partial charge in [0.15, 0.2) is 0 Å². The quantitative estimate of drug-likeness (QED) is 0.793. The number of nitrogens with two attached hydrogens (primary N) is 1. The topological polar surface area (TPSA) is 68.4 Å². The van der Waals surface area contributed by atoms with Gasteiger partial charge in [0.05, 0.1) is 5.60 Å². The Hall–Kier alpha value is -1.46. The van der Waals surface area contributed by atoms with Crippen molar-refractivity contribution in [2.45, 2.75) is 64.5 Å². The molecule has 27 heavy (non-hydrogen) atoms. The Morgan fingerprint density at radius 1 is 1.37 bits per heavy atom. The molecule has 0 bridgehead atoms. The van der Waals surface area contributed by atoms with Gasteiger partial charge in [-0.05, 0) is 61.8 Å². The number of hydrogen-bond acceptors (Lipinski definition) is 4. The minimum absolute atomic E-state index is 0.320. The monoisotopic (exact) mass is 373 g/mol. The number of hydrogen-bond donors (Lipinski definition) is 1. The second kappa shape index (κ2) is 8.27. The Labute approximate surface area is 163 Å². The highest BCUT2D eigenvalue weighted by Gasteiger charge is 2.48. The van der Waals surface area contributed by atoms with Crippen molar-refractivity contribution >= 4 is 5.91 Å². The van der Waals surface area contributed by atoms with Crippen LogP contribution < -0.4 is 5.73 Å². The second-order valence-corrected chi connectivity index (χ2v) is 8.64. The zero-order chi connectivity index (χ0) is 19.6. The molecule has 150 valence electrons. The normalized spacial score (nSPS) is 33.7. The van der Waals surface area contributed by atoms with Gasteiger partial charge in [-0.25, -0.2) is 0 Å². The zero-order valence-electron chi connectivity index (χ0n) is 17.3. The summed E-state index contributed by atoms with van der Waals surface area (Å²) in [6.45, 7) is 9.00. The number of pyridine rings is 1. The van der Waals surface area contributed by atoms with E-state index in [4.69, 9.17) is 10.5 Å². The molecule has 5 nitrogen and oxygen atoms in total. The van der Waals surface area contributed by atoms with E-state index in [-0.39, 0.29) is 0 Å². The van der Waals surface area contributed by atoms with Crippen LogP contribution in [0.1, 0.15) is 68.9 Å². The van der Waals surface area contributed by atoms with Gasteiger partial charge in [0, 0.05) is 31.8 Å². The van der Waals surface area contributed by atoms with Gasteiger partial charge >= 0.3 is 0 Å². The molecule has 1 amide bonds. The lowest BCUT2D eigenvalue weighted by Crippen LogP contribution is -2.53. The lowest BCUT2D eigenvalue weighted by Gasteiger charge is -2.51. The summed E-state index contributed by atoms with van der Waals surface area (Å²) in [5.74, 6) is 1.13. The first kappa shape index (κ1) is 20.3. The first-order valence-electron chi connectivity index (χ1n) is 10.5. The molecule has 3 rings (SSSR count). The molecule has 5 heteroatoms. The third-order valence-electron chi connectivity index (χ3n) is 7.06. The lowest BCUT2D eigenvalue weighted by atomic mass is 9.65. The minimum Gasteiger partial charge on any atom is -0.373 e. The Kier molecular flexibility index (Phi) is 6.21. The van der Waals surface area contributed by atoms with Crippen LogP contribution in [0.3, 0.4) is 0 Å². The van der Waals surface area contributed by atoms with Gasteiger partial charge in [0.1, 0.15) is 5.69 Å². The summed E-state index contributed by atoms with van der Waals surface area (Å²) in [4.78, 5) is 18.5. The number of ether oxygens (including phenoxy) is 1. The van der Waals surface area contributed by atoms with Crippen molar-refractivity contribution in [2.24, 2.45) is 23.5 Å². The smallest absolute Gasteiger partial charge is 0.267 e. The van der Waals surface area contributed by atoms with Crippen molar-refractivity contribution in [3.63, 3.8) is 0 Å². The molecule has 3 atom stereocenters. The summed E-state index contributed by atoms with van der Waals surface area (Å²) in [6, 6.07) is 4.56. The zero-order valence-corrected chi connectivity index (χ0v) is 17.3. The molecule has 0 saturated heterocycles. The van der Waals surface area contributed by atoms with E-state index >= 15 is 0 Å². The molecule has 0 aliphatic heterocycles. The van der Waals surface area contributed by atoms with Crippen LogP contribution in [-0.4, -0.2) is 42.0 Å². The van der Waals surface area contributed by atoms with Gasteiger partial charge in [-0.15, -0.1) is 0 Å². The molecule has 0 aromatic carbocycles. The highest BCUT2D eigenvalue weighted by atomic mass is 16.5. The van der Waals surface area contributed by atoms with E-state index < -0.39 is 11.5 Å². The lowest BCUT2D eigenvalue weighted by molar-refractivity contribution is -0.136. The first-order chi connectivity index (χ1) is 12.9. The molecule has 2 N–H and O–H groups in total. The van der Waals surface area contributed by atoms with Crippen LogP contribution in [-0.2, 0) is 10.3 Å². The summed E-state index contributed by atoms with van der Waals surface area (Å²) in [6.07, 6.45) is 7.80. The molecule has 2 fully saturated rings. The predicted octanol–water partition coefficient (Wildman–Crippen LogP) is 3.58. The summed E-state index contributed by atoms with van der Waals surface area (Å²) in [7, 11) is 1.82. The summed E-state index contributed by atoms with van der Waals surface area (Å²) in [5.41, 5.74) is 6.47. The Balaban J connectivity index is 1.93. The number of primary amides is 1. The molecular weight excluding hydrogens is 338 g/mol. The van der Waals surface area contributed by atoms with Crippen LogP contribution in [0, 0.1) is 17.8 Å². The van der Waals surface area contributed by atoms with E-state index in [1.165, 1.54) is 19.3 Å². The van der Waals surface area contributed by atoms with Gasteiger partial charge < -0.3 is 15.4 Å². The molecule has 0 spiro atoms. The fraction of sp³-hybridized carbons (Fsp3) is 0.727. The Morgan fingerprint density at radius 3 is 2.70 bits per heavy atom. The summed E-state index contributed by atoms with van der Waals surface area (Å²) >= 11 is 0. The molecule has 2 aliphatic rings. The number of rotatable bonds is 7. The summed E-state index contributed by atoms with van der Waals surface area (Å²) in [5, 5.41) is 0. The average Bonchev–Trinajstić information content (AvgIpc) is 2.64. The van der Waals surface area contributed by atoms with Crippen molar-refractivity contribution in [2.75, 3.05) is 20.2 Å². The maximum atomic E-state index is 11.7. The van der Waals surface area contributed by atoms with Gasteiger partial charge in [0.25, 0.3) is 5.91 Å². The molecule has 3 unspecified atom stereocenters. The SMILES string of the molecule is CCN(CC1CCCC(C)C1(OC)c1ccnc(C(N)=O)c1)[C@H]1C[C@H](C)C1. The van der Waals surface area contributed by atoms with Gasteiger partial charge in [-0.1, -0.05) is 27.2 Å². The van der Waals surface area contributed by atoms with Gasteiger partial charge in [-0.3, -0.25) is 9.78 Å².